The minimum absolute atomic E-state index is 0.117. The van der Waals surface area contributed by atoms with Gasteiger partial charge in [-0.05, 0) is 38.1 Å². The summed E-state index contributed by atoms with van der Waals surface area (Å²) in [6.45, 7) is 4.09. The number of nitrogens with zero attached hydrogens (tertiary/aromatic N) is 1. The van der Waals surface area contributed by atoms with Gasteiger partial charge in [0.05, 0.1) is 19.3 Å². The molecule has 2 unspecified atom stereocenters. The maximum atomic E-state index is 11.9. The molecule has 1 heterocycles. The Balaban J connectivity index is 1.60. The van der Waals surface area contributed by atoms with Crippen molar-refractivity contribution in [2.24, 2.45) is 5.92 Å². The maximum Gasteiger partial charge on any atom is 0.320 e. The van der Waals surface area contributed by atoms with Gasteiger partial charge in [-0.3, -0.25) is 14.5 Å². The lowest BCUT2D eigenvalue weighted by Crippen LogP contribution is -2.43. The lowest BCUT2D eigenvalue weighted by molar-refractivity contribution is -0.142. The fourth-order valence-electron chi connectivity index (χ4n) is 3.47. The number of carboxylic acid groups (broad SMARTS) is 1. The minimum atomic E-state index is -0.833. The summed E-state index contributed by atoms with van der Waals surface area (Å²) in [5, 5.41) is 11.9. The Morgan fingerprint density at radius 1 is 1.23 bits per heavy atom. The summed E-state index contributed by atoms with van der Waals surface area (Å²) in [6.07, 6.45) is 6.65. The molecule has 0 aromatic carbocycles. The molecule has 1 saturated heterocycles. The van der Waals surface area contributed by atoms with Gasteiger partial charge >= 0.3 is 5.97 Å². The number of hydrogen-bond donors (Lipinski definition) is 2. The first kappa shape index (κ1) is 17.2. The quantitative estimate of drug-likeness (QED) is 0.692. The van der Waals surface area contributed by atoms with Crippen molar-refractivity contribution >= 4 is 11.9 Å². The predicted octanol–water partition coefficient (Wildman–Crippen LogP) is 1.25. The second-order valence-corrected chi connectivity index (χ2v) is 6.49. The average Bonchev–Trinajstić information content (AvgIpc) is 2.93. The van der Waals surface area contributed by atoms with Gasteiger partial charge in [-0.2, -0.15) is 0 Å². The van der Waals surface area contributed by atoms with Crippen LogP contribution in [0.2, 0.25) is 0 Å². The molecule has 6 nitrogen and oxygen atoms in total. The molecule has 2 fully saturated rings. The zero-order chi connectivity index (χ0) is 15.9. The third kappa shape index (κ3) is 4.95. The molecule has 1 saturated carbocycles. The Hall–Kier alpha value is -1.14. The first-order valence-corrected chi connectivity index (χ1v) is 8.43. The molecule has 2 rings (SSSR count). The molecule has 0 spiro atoms. The van der Waals surface area contributed by atoms with Crippen LogP contribution in [0, 0.1) is 5.92 Å². The molecule has 0 radical (unpaired) electrons. The minimum Gasteiger partial charge on any atom is -0.480 e. The van der Waals surface area contributed by atoms with Crippen molar-refractivity contribution in [1.82, 2.24) is 10.2 Å². The van der Waals surface area contributed by atoms with Crippen LogP contribution in [-0.4, -0.2) is 60.3 Å². The molecule has 0 aromatic heterocycles. The zero-order valence-electron chi connectivity index (χ0n) is 13.4. The highest BCUT2D eigenvalue weighted by Gasteiger charge is 2.31. The van der Waals surface area contributed by atoms with E-state index in [9.17, 15) is 9.59 Å². The molecule has 1 aliphatic heterocycles. The van der Waals surface area contributed by atoms with Gasteiger partial charge in [-0.25, -0.2) is 0 Å². The van der Waals surface area contributed by atoms with Crippen molar-refractivity contribution < 1.29 is 19.4 Å². The van der Waals surface area contributed by atoms with E-state index >= 15 is 0 Å². The highest BCUT2D eigenvalue weighted by Crippen LogP contribution is 2.25. The van der Waals surface area contributed by atoms with Gasteiger partial charge in [0.1, 0.15) is 6.04 Å². The van der Waals surface area contributed by atoms with Crippen LogP contribution in [-0.2, 0) is 14.3 Å². The van der Waals surface area contributed by atoms with Crippen molar-refractivity contribution in [2.75, 3.05) is 26.2 Å². The van der Waals surface area contributed by atoms with Gasteiger partial charge in [-0.15, -0.1) is 0 Å². The van der Waals surface area contributed by atoms with Crippen molar-refractivity contribution in [3.63, 3.8) is 0 Å². The van der Waals surface area contributed by atoms with Crippen molar-refractivity contribution in [2.45, 2.75) is 57.6 Å². The van der Waals surface area contributed by atoms with E-state index in [0.29, 0.717) is 38.1 Å². The van der Waals surface area contributed by atoms with E-state index in [1.54, 1.807) is 4.90 Å². The van der Waals surface area contributed by atoms with Gasteiger partial charge < -0.3 is 15.2 Å². The lowest BCUT2D eigenvalue weighted by atomic mass is 9.88. The number of rotatable bonds is 7. The van der Waals surface area contributed by atoms with Gasteiger partial charge in [0.15, 0.2) is 0 Å². The molecular formula is C16H28N2O4. The highest BCUT2D eigenvalue weighted by molar-refractivity contribution is 5.80. The number of amides is 1. The average molecular weight is 312 g/mol. The Labute approximate surface area is 132 Å². The molecule has 0 bridgehead atoms. The largest absolute Gasteiger partial charge is 0.480 e. The maximum absolute atomic E-state index is 11.9. The predicted molar refractivity (Wildman–Crippen MR) is 82.6 cm³/mol. The Morgan fingerprint density at radius 2 is 2.00 bits per heavy atom. The van der Waals surface area contributed by atoms with Gasteiger partial charge in [0, 0.05) is 6.54 Å². The topological polar surface area (TPSA) is 78.9 Å². The van der Waals surface area contributed by atoms with Crippen LogP contribution in [0.25, 0.3) is 0 Å². The molecule has 2 aliphatic rings. The van der Waals surface area contributed by atoms with Crippen LogP contribution in [0.3, 0.4) is 0 Å². The fourth-order valence-corrected chi connectivity index (χ4v) is 3.47. The second kappa shape index (κ2) is 8.48. The number of ether oxygens (including phenoxy) is 1. The fraction of sp³-hybridized carbons (Fsp3) is 0.875. The summed E-state index contributed by atoms with van der Waals surface area (Å²) in [4.78, 5) is 24.7. The van der Waals surface area contributed by atoms with E-state index < -0.39 is 12.0 Å². The molecule has 1 amide bonds. The Morgan fingerprint density at radius 3 is 2.73 bits per heavy atom. The van der Waals surface area contributed by atoms with Crippen LogP contribution in [0.15, 0.2) is 0 Å². The first-order valence-electron chi connectivity index (χ1n) is 8.43. The number of likely N-dealkylation sites (tertiary alicyclic amines) is 1. The summed E-state index contributed by atoms with van der Waals surface area (Å²) in [5.74, 6) is -0.348. The molecule has 2 N–H and O–H groups in total. The molecule has 3 atom stereocenters. The van der Waals surface area contributed by atoms with E-state index in [2.05, 4.69) is 12.2 Å². The van der Waals surface area contributed by atoms with Gasteiger partial charge in [0.25, 0.3) is 0 Å². The summed E-state index contributed by atoms with van der Waals surface area (Å²) in [7, 11) is 0. The number of nitrogens with one attached hydrogen (secondary N) is 1. The number of carboxylic acids is 1. The monoisotopic (exact) mass is 312 g/mol. The van der Waals surface area contributed by atoms with Crippen molar-refractivity contribution in [3.05, 3.63) is 0 Å². The van der Waals surface area contributed by atoms with Crippen molar-refractivity contribution in [1.29, 1.82) is 0 Å². The number of hydrogen-bond acceptors (Lipinski definition) is 4. The van der Waals surface area contributed by atoms with Gasteiger partial charge in [0.2, 0.25) is 5.91 Å². The Kier molecular flexibility index (Phi) is 6.64. The molecule has 0 aromatic rings. The van der Waals surface area contributed by atoms with Crippen LogP contribution in [0.5, 0.6) is 0 Å². The number of carbonyl (C=O) groups is 2. The third-order valence-corrected chi connectivity index (χ3v) is 4.78. The van der Waals surface area contributed by atoms with E-state index in [1.165, 1.54) is 19.3 Å². The van der Waals surface area contributed by atoms with Crippen LogP contribution in [0.1, 0.15) is 45.4 Å². The number of aliphatic carboxylic acids is 1. The zero-order valence-corrected chi connectivity index (χ0v) is 13.4. The van der Waals surface area contributed by atoms with Gasteiger partial charge in [-0.1, -0.05) is 19.8 Å². The van der Waals surface area contributed by atoms with Crippen LogP contribution >= 0.6 is 0 Å². The molecule has 1 aliphatic carbocycles. The van der Waals surface area contributed by atoms with E-state index in [0.717, 1.165) is 12.8 Å². The highest BCUT2D eigenvalue weighted by atomic mass is 16.5. The lowest BCUT2D eigenvalue weighted by Gasteiger charge is -2.28. The summed E-state index contributed by atoms with van der Waals surface area (Å²) < 4.78 is 5.85. The molecule has 126 valence electrons. The summed E-state index contributed by atoms with van der Waals surface area (Å²) in [6, 6.07) is -0.509. The second-order valence-electron chi connectivity index (χ2n) is 6.49. The Bertz CT molecular complexity index is 388. The van der Waals surface area contributed by atoms with Crippen LogP contribution < -0.4 is 5.32 Å². The van der Waals surface area contributed by atoms with Crippen LogP contribution in [0.4, 0.5) is 0 Å². The van der Waals surface area contributed by atoms with E-state index in [4.69, 9.17) is 9.84 Å². The summed E-state index contributed by atoms with van der Waals surface area (Å²) >= 11 is 0. The van der Waals surface area contributed by atoms with E-state index in [-0.39, 0.29) is 12.5 Å². The normalized spacial score (nSPS) is 29.4. The molecular weight excluding hydrogens is 284 g/mol. The standard InChI is InChI=1S/C16H28N2O4/c1-12-5-2-3-7-14(12)22-10-8-17-15(19)11-18-9-4-6-13(18)16(20)21/h12-14H,2-11H2,1H3,(H,17,19)(H,20,21)/t12?,13-,14?/m1/s1. The molecule has 22 heavy (non-hydrogen) atoms. The van der Waals surface area contributed by atoms with E-state index in [1.807, 2.05) is 0 Å². The smallest absolute Gasteiger partial charge is 0.320 e. The molecule has 6 heteroatoms. The van der Waals surface area contributed by atoms with Crippen molar-refractivity contribution in [3.8, 4) is 0 Å². The number of carbonyl (C=O) groups excluding carboxylic acids is 1. The SMILES string of the molecule is CC1CCCCC1OCCNC(=O)CN1CCC[C@@H]1C(=O)O. The first-order chi connectivity index (χ1) is 10.6. The third-order valence-electron chi connectivity index (χ3n) is 4.78. The summed E-state index contributed by atoms with van der Waals surface area (Å²) in [5.41, 5.74) is 0.